The maximum atomic E-state index is 2.20. The molecular formula is C3H5S4. The lowest BCUT2D eigenvalue weighted by Crippen LogP contribution is -1.61. The van der Waals surface area contributed by atoms with Crippen LogP contribution in [0.5, 0.6) is 0 Å². The van der Waals surface area contributed by atoms with Crippen molar-refractivity contribution in [2.45, 2.75) is 0 Å². The molecule has 0 aromatic rings. The number of hydrogen-bond donors (Lipinski definition) is 0. The third-order valence-corrected chi connectivity index (χ3v) is 5.70. The van der Waals surface area contributed by atoms with Gasteiger partial charge in [-0.15, -0.1) is 23.5 Å². The van der Waals surface area contributed by atoms with E-state index in [9.17, 15) is 0 Å². The maximum absolute atomic E-state index is 2.20. The highest BCUT2D eigenvalue weighted by Gasteiger charge is 1.97. The Bertz CT molecular complexity index is 26.5. The monoisotopic (exact) mass is 169 g/mol. The van der Waals surface area contributed by atoms with Crippen molar-refractivity contribution >= 4 is 45.1 Å². The summed E-state index contributed by atoms with van der Waals surface area (Å²) in [5.41, 5.74) is 0. The molecule has 1 rings (SSSR count). The van der Waals surface area contributed by atoms with Crippen LogP contribution in [0.25, 0.3) is 0 Å². The fraction of sp³-hybridized carbons (Fsp3) is 0.667. The summed E-state index contributed by atoms with van der Waals surface area (Å²) in [6.45, 7) is 0. The Morgan fingerprint density at radius 3 is 3.29 bits per heavy atom. The van der Waals surface area contributed by atoms with Crippen LogP contribution in [0.1, 0.15) is 0 Å². The molecule has 0 aromatic carbocycles. The van der Waals surface area contributed by atoms with Gasteiger partial charge in [-0.25, -0.2) is 0 Å². The van der Waals surface area contributed by atoms with Crippen molar-refractivity contribution < 1.29 is 0 Å². The maximum Gasteiger partial charge on any atom is 0.0833 e. The third kappa shape index (κ3) is 3.06. The van der Waals surface area contributed by atoms with Crippen LogP contribution in [0, 0.1) is 5.08 Å². The average Bonchev–Trinajstić information content (AvgIpc) is 1.90. The van der Waals surface area contributed by atoms with E-state index >= 15 is 0 Å². The highest BCUT2D eigenvalue weighted by molar-refractivity contribution is 8.81. The molecule has 0 aliphatic carbocycles. The zero-order valence-corrected chi connectivity index (χ0v) is 6.89. The minimum absolute atomic E-state index is 1.24. The Balaban J connectivity index is 2.04. The molecule has 1 aliphatic heterocycles. The number of rotatable bonds is 0. The van der Waals surface area contributed by atoms with E-state index in [2.05, 4.69) is 5.08 Å². The van der Waals surface area contributed by atoms with Crippen molar-refractivity contribution in [3.05, 3.63) is 5.08 Å². The Hall–Kier alpha value is 1.40. The van der Waals surface area contributed by atoms with Gasteiger partial charge in [-0.2, -0.15) is 0 Å². The van der Waals surface area contributed by atoms with Gasteiger partial charge in [0.15, 0.2) is 0 Å². The van der Waals surface area contributed by atoms with Gasteiger partial charge in [-0.1, -0.05) is 21.6 Å². The first-order chi connectivity index (χ1) is 3.50. The van der Waals surface area contributed by atoms with Crippen LogP contribution in [0.4, 0.5) is 0 Å². The van der Waals surface area contributed by atoms with Gasteiger partial charge in [-0.3, -0.25) is 0 Å². The van der Waals surface area contributed by atoms with Crippen LogP contribution in [0.15, 0.2) is 0 Å². The number of thioether (sulfide) groups is 2. The quantitative estimate of drug-likeness (QED) is 0.511. The van der Waals surface area contributed by atoms with Crippen LogP contribution in [-0.2, 0) is 0 Å². The largest absolute Gasteiger partial charge is 0.139 e. The van der Waals surface area contributed by atoms with Crippen molar-refractivity contribution in [3.8, 4) is 0 Å². The molecule has 41 valence electrons. The lowest BCUT2D eigenvalue weighted by molar-refractivity contribution is 2.18. The summed E-state index contributed by atoms with van der Waals surface area (Å²) in [4.78, 5) is 0. The number of hydrogen-bond acceptors (Lipinski definition) is 4. The summed E-state index contributed by atoms with van der Waals surface area (Å²) in [6, 6.07) is 0. The van der Waals surface area contributed by atoms with Crippen LogP contribution in [0.3, 0.4) is 0 Å². The van der Waals surface area contributed by atoms with E-state index in [1.807, 2.05) is 45.1 Å². The molecule has 1 fully saturated rings. The Kier molecular flexibility index (Phi) is 4.00. The lowest BCUT2D eigenvalue weighted by atomic mass is 11.8. The summed E-state index contributed by atoms with van der Waals surface area (Å²) in [5.74, 6) is 0. The highest BCUT2D eigenvalue weighted by Crippen LogP contribution is 2.38. The molecule has 0 unspecified atom stereocenters. The minimum Gasteiger partial charge on any atom is -0.139 e. The van der Waals surface area contributed by atoms with E-state index in [0.29, 0.717) is 0 Å². The predicted octanol–water partition coefficient (Wildman–Crippen LogP) is 2.88. The van der Waals surface area contributed by atoms with Gasteiger partial charge in [-0.05, 0) is 0 Å². The zero-order valence-electron chi connectivity index (χ0n) is 3.62. The summed E-state index contributed by atoms with van der Waals surface area (Å²) < 4.78 is 0. The van der Waals surface area contributed by atoms with E-state index in [1.54, 1.807) is 0 Å². The van der Waals surface area contributed by atoms with Crippen LogP contribution >= 0.6 is 45.1 Å². The van der Waals surface area contributed by atoms with Crippen molar-refractivity contribution in [1.82, 2.24) is 0 Å². The summed E-state index contributed by atoms with van der Waals surface area (Å²) in [6.07, 6.45) is 0. The second kappa shape index (κ2) is 4.30. The Labute approximate surface area is 60.4 Å². The van der Waals surface area contributed by atoms with Gasteiger partial charge < -0.3 is 0 Å². The molecule has 0 amide bonds. The van der Waals surface area contributed by atoms with Crippen molar-refractivity contribution in [3.63, 3.8) is 0 Å². The molecule has 0 N–H and O–H groups in total. The second-order valence-corrected chi connectivity index (χ2v) is 6.03. The van der Waals surface area contributed by atoms with Crippen molar-refractivity contribution in [2.75, 3.05) is 10.2 Å². The molecule has 0 nitrogen and oxygen atoms in total. The van der Waals surface area contributed by atoms with Gasteiger partial charge in [0.2, 0.25) is 0 Å². The summed E-state index contributed by atoms with van der Waals surface area (Å²) >= 11 is 3.89. The second-order valence-electron chi connectivity index (χ2n) is 0.917. The van der Waals surface area contributed by atoms with E-state index < -0.39 is 0 Å². The van der Waals surface area contributed by atoms with Crippen LogP contribution in [0.2, 0.25) is 0 Å². The van der Waals surface area contributed by atoms with E-state index in [0.717, 1.165) is 0 Å². The third-order valence-electron chi connectivity index (χ3n) is 0.458. The minimum atomic E-state index is 1.24. The van der Waals surface area contributed by atoms with Crippen molar-refractivity contribution in [2.24, 2.45) is 0 Å². The highest BCUT2D eigenvalue weighted by atomic mass is 33.1. The smallest absolute Gasteiger partial charge is 0.0833 e. The fourth-order valence-corrected chi connectivity index (χ4v) is 5.27. The SMILES string of the molecule is [CH]1SCSCSS1. The Morgan fingerprint density at radius 1 is 1.29 bits per heavy atom. The van der Waals surface area contributed by atoms with Gasteiger partial charge in [0.25, 0.3) is 0 Å². The summed E-state index contributed by atoms with van der Waals surface area (Å²) in [7, 11) is 3.77. The van der Waals surface area contributed by atoms with E-state index in [-0.39, 0.29) is 0 Å². The molecule has 0 bridgehead atoms. The first kappa shape index (κ1) is 6.52. The van der Waals surface area contributed by atoms with Crippen LogP contribution < -0.4 is 0 Å². The van der Waals surface area contributed by atoms with E-state index in [4.69, 9.17) is 0 Å². The zero-order chi connectivity index (χ0) is 4.95. The van der Waals surface area contributed by atoms with E-state index in [1.165, 1.54) is 10.2 Å². The molecule has 0 atom stereocenters. The van der Waals surface area contributed by atoms with Gasteiger partial charge in [0, 0.05) is 5.08 Å². The lowest BCUT2D eigenvalue weighted by Gasteiger charge is -1.85. The summed E-state index contributed by atoms with van der Waals surface area (Å²) in [5, 5.41) is 4.68. The standard InChI is InChI=1S/C3H5S4/c1-4-2-6-7-3-5-1/h2H,1,3H2. The molecule has 4 heteroatoms. The predicted molar refractivity (Wildman–Crippen MR) is 44.4 cm³/mol. The molecular weight excluding hydrogens is 164 g/mol. The van der Waals surface area contributed by atoms with Crippen LogP contribution in [-0.4, -0.2) is 10.2 Å². The molecule has 1 heterocycles. The molecule has 0 aromatic heterocycles. The topological polar surface area (TPSA) is 0 Å². The molecule has 1 saturated heterocycles. The molecule has 1 radical (unpaired) electrons. The molecule has 1 aliphatic rings. The Morgan fingerprint density at radius 2 is 2.29 bits per heavy atom. The van der Waals surface area contributed by atoms with Gasteiger partial charge >= 0.3 is 0 Å². The van der Waals surface area contributed by atoms with Gasteiger partial charge in [0.05, 0.1) is 10.2 Å². The molecule has 0 spiro atoms. The molecule has 0 saturated carbocycles. The van der Waals surface area contributed by atoms with Gasteiger partial charge in [0.1, 0.15) is 0 Å². The van der Waals surface area contributed by atoms with Crippen molar-refractivity contribution in [1.29, 1.82) is 0 Å². The molecule has 7 heavy (non-hydrogen) atoms. The normalized spacial score (nSPS) is 24.0. The first-order valence-corrected chi connectivity index (χ1v) is 6.38. The fourth-order valence-electron chi connectivity index (χ4n) is 0.227. The first-order valence-electron chi connectivity index (χ1n) is 1.79. The average molecular weight is 169 g/mol.